The van der Waals surface area contributed by atoms with Gasteiger partial charge in [-0.1, -0.05) is 0 Å². The number of hydrogen-bond donors (Lipinski definition) is 0. The molecule has 1 aromatic carbocycles. The molecule has 0 aliphatic carbocycles. The first kappa shape index (κ1) is 19.2. The van der Waals surface area contributed by atoms with Crippen molar-refractivity contribution in [3.8, 4) is 0 Å². The number of piperidine rings is 2. The molecule has 1 atom stereocenters. The van der Waals surface area contributed by atoms with Gasteiger partial charge in [-0.25, -0.2) is 8.42 Å². The van der Waals surface area contributed by atoms with Crippen molar-refractivity contribution in [2.45, 2.75) is 36.8 Å². The number of nitrogens with zero attached hydrogens (tertiary/aromatic N) is 2. The monoisotopic (exact) mass is 390 g/mol. The van der Waals surface area contributed by atoms with E-state index in [4.69, 9.17) is 0 Å². The fraction of sp³-hybridized carbons (Fsp3) is 0.588. The molecule has 9 heteroatoms. The number of rotatable bonds is 2. The van der Waals surface area contributed by atoms with Gasteiger partial charge >= 0.3 is 6.18 Å². The third-order valence-corrected chi connectivity index (χ3v) is 7.17. The average Bonchev–Trinajstić information content (AvgIpc) is 2.59. The van der Waals surface area contributed by atoms with Gasteiger partial charge in [0.1, 0.15) is 0 Å². The maximum absolute atomic E-state index is 12.9. The first-order valence-corrected chi connectivity index (χ1v) is 9.93. The molecule has 26 heavy (non-hydrogen) atoms. The minimum Gasteiger partial charge on any atom is -0.345 e. The smallest absolute Gasteiger partial charge is 0.345 e. The standard InChI is InChI=1S/C17H21F3N2O3S/c1-21-10-2-8-16(15(21)23)9-3-11-22(12-16)26(24,25)14-6-4-13(5-7-14)17(18,19)20/h4-7H,2-3,8-12H2,1H3. The van der Waals surface area contributed by atoms with Crippen LogP contribution in [0.4, 0.5) is 13.2 Å². The van der Waals surface area contributed by atoms with Crippen molar-refractivity contribution in [3.63, 3.8) is 0 Å². The Morgan fingerprint density at radius 3 is 2.19 bits per heavy atom. The van der Waals surface area contributed by atoms with Crippen LogP contribution in [0.15, 0.2) is 29.2 Å². The van der Waals surface area contributed by atoms with Crippen molar-refractivity contribution < 1.29 is 26.4 Å². The van der Waals surface area contributed by atoms with E-state index in [9.17, 15) is 26.4 Å². The summed E-state index contributed by atoms with van der Waals surface area (Å²) in [5.74, 6) is -0.0453. The van der Waals surface area contributed by atoms with Gasteiger partial charge in [0.05, 0.1) is 15.9 Å². The molecule has 2 aliphatic rings. The number of benzene rings is 1. The fourth-order valence-electron chi connectivity index (χ4n) is 3.91. The van der Waals surface area contributed by atoms with E-state index in [2.05, 4.69) is 0 Å². The summed E-state index contributed by atoms with van der Waals surface area (Å²) in [7, 11) is -2.23. The molecule has 1 amide bonds. The molecule has 2 fully saturated rings. The van der Waals surface area contributed by atoms with Crippen LogP contribution in [-0.2, 0) is 21.0 Å². The largest absolute Gasteiger partial charge is 0.416 e. The Balaban J connectivity index is 1.86. The summed E-state index contributed by atoms with van der Waals surface area (Å²) in [5.41, 5.74) is -1.61. The van der Waals surface area contributed by atoms with E-state index in [1.54, 1.807) is 11.9 Å². The van der Waals surface area contributed by atoms with Crippen LogP contribution >= 0.6 is 0 Å². The van der Waals surface area contributed by atoms with E-state index in [0.717, 1.165) is 30.7 Å². The number of hydrogen-bond acceptors (Lipinski definition) is 3. The van der Waals surface area contributed by atoms with E-state index >= 15 is 0 Å². The zero-order valence-electron chi connectivity index (χ0n) is 14.4. The topological polar surface area (TPSA) is 57.7 Å². The van der Waals surface area contributed by atoms with Crippen molar-refractivity contribution in [3.05, 3.63) is 29.8 Å². The van der Waals surface area contributed by atoms with Crippen molar-refractivity contribution >= 4 is 15.9 Å². The second-order valence-corrected chi connectivity index (χ2v) is 9.01. The van der Waals surface area contributed by atoms with Crippen LogP contribution in [0, 0.1) is 5.41 Å². The maximum atomic E-state index is 12.9. The van der Waals surface area contributed by atoms with Crippen LogP contribution in [0.1, 0.15) is 31.2 Å². The number of alkyl halides is 3. The lowest BCUT2D eigenvalue weighted by molar-refractivity contribution is -0.147. The van der Waals surface area contributed by atoms with Crippen LogP contribution in [0.25, 0.3) is 0 Å². The van der Waals surface area contributed by atoms with Gasteiger partial charge in [0.25, 0.3) is 0 Å². The molecule has 0 saturated carbocycles. The number of carbonyl (C=O) groups excluding carboxylic acids is 1. The molecule has 0 aromatic heterocycles. The molecular formula is C17H21F3N2O3S. The first-order chi connectivity index (χ1) is 12.1. The van der Waals surface area contributed by atoms with Gasteiger partial charge < -0.3 is 4.90 Å². The lowest BCUT2D eigenvalue weighted by atomic mass is 9.74. The molecule has 1 spiro atoms. The lowest BCUT2D eigenvalue weighted by Crippen LogP contribution is -2.56. The highest BCUT2D eigenvalue weighted by Crippen LogP contribution is 2.40. The van der Waals surface area contributed by atoms with Gasteiger partial charge in [0.15, 0.2) is 0 Å². The summed E-state index contributed by atoms with van der Waals surface area (Å²) >= 11 is 0. The minimum atomic E-state index is -4.52. The van der Waals surface area contributed by atoms with Crippen molar-refractivity contribution in [1.29, 1.82) is 0 Å². The van der Waals surface area contributed by atoms with Gasteiger partial charge in [-0.3, -0.25) is 4.79 Å². The number of amides is 1. The second kappa shape index (κ2) is 6.53. The summed E-state index contributed by atoms with van der Waals surface area (Å²) in [6.07, 6.45) is -1.88. The molecule has 0 radical (unpaired) electrons. The molecule has 3 rings (SSSR count). The molecule has 1 unspecified atom stereocenters. The quantitative estimate of drug-likeness (QED) is 0.780. The summed E-state index contributed by atoms with van der Waals surface area (Å²) in [4.78, 5) is 14.1. The Morgan fingerprint density at radius 2 is 1.62 bits per heavy atom. The highest BCUT2D eigenvalue weighted by atomic mass is 32.2. The van der Waals surface area contributed by atoms with Gasteiger partial charge in [-0.05, 0) is 49.9 Å². The van der Waals surface area contributed by atoms with Crippen LogP contribution < -0.4 is 0 Å². The molecule has 1 aromatic rings. The highest BCUT2D eigenvalue weighted by molar-refractivity contribution is 7.89. The average molecular weight is 390 g/mol. The maximum Gasteiger partial charge on any atom is 0.416 e. The zero-order chi connectivity index (χ0) is 19.2. The SMILES string of the molecule is CN1CCCC2(CCCN(S(=O)(=O)c3ccc(C(F)(F)F)cc3)C2)C1=O. The predicted molar refractivity (Wildman–Crippen MR) is 88.7 cm³/mol. The van der Waals surface area contributed by atoms with Crippen LogP contribution in [0.2, 0.25) is 0 Å². The van der Waals surface area contributed by atoms with Crippen molar-refractivity contribution in [2.75, 3.05) is 26.7 Å². The molecule has 5 nitrogen and oxygen atoms in total. The van der Waals surface area contributed by atoms with Crippen LogP contribution in [0.3, 0.4) is 0 Å². The van der Waals surface area contributed by atoms with Gasteiger partial charge in [-0.2, -0.15) is 17.5 Å². The molecule has 0 N–H and O–H groups in total. The van der Waals surface area contributed by atoms with E-state index in [-0.39, 0.29) is 23.9 Å². The molecule has 2 heterocycles. The zero-order valence-corrected chi connectivity index (χ0v) is 15.2. The Kier molecular flexibility index (Phi) is 4.81. The van der Waals surface area contributed by atoms with Gasteiger partial charge in [0, 0.05) is 26.7 Å². The molecular weight excluding hydrogens is 369 g/mol. The molecule has 2 saturated heterocycles. The number of likely N-dealkylation sites (tertiary alicyclic amines) is 1. The Bertz CT molecular complexity index is 788. The normalized spacial score (nSPS) is 25.7. The molecule has 2 aliphatic heterocycles. The lowest BCUT2D eigenvalue weighted by Gasteiger charge is -2.45. The number of carbonyl (C=O) groups is 1. The molecule has 0 bridgehead atoms. The van der Waals surface area contributed by atoms with Crippen LogP contribution in [0.5, 0.6) is 0 Å². The highest BCUT2D eigenvalue weighted by Gasteiger charge is 2.48. The van der Waals surface area contributed by atoms with Crippen LogP contribution in [-0.4, -0.2) is 50.2 Å². The van der Waals surface area contributed by atoms with Gasteiger partial charge in [-0.15, -0.1) is 0 Å². The third-order valence-electron chi connectivity index (χ3n) is 5.31. The minimum absolute atomic E-state index is 0.0453. The summed E-state index contributed by atoms with van der Waals surface area (Å²) < 4.78 is 65.1. The van der Waals surface area contributed by atoms with E-state index in [1.165, 1.54) is 4.31 Å². The summed E-state index contributed by atoms with van der Waals surface area (Å²) in [6.45, 7) is 1.01. The Hall–Kier alpha value is -1.61. The van der Waals surface area contributed by atoms with E-state index in [1.807, 2.05) is 0 Å². The summed E-state index contributed by atoms with van der Waals surface area (Å²) in [6, 6.07) is 3.50. The van der Waals surface area contributed by atoms with Crippen molar-refractivity contribution in [1.82, 2.24) is 9.21 Å². The first-order valence-electron chi connectivity index (χ1n) is 8.49. The second-order valence-electron chi connectivity index (χ2n) is 7.07. The number of halogens is 3. The van der Waals surface area contributed by atoms with Gasteiger partial charge in [0.2, 0.25) is 15.9 Å². The summed E-state index contributed by atoms with van der Waals surface area (Å²) in [5, 5.41) is 0. The van der Waals surface area contributed by atoms with E-state index < -0.39 is 27.2 Å². The third kappa shape index (κ3) is 3.34. The molecule has 144 valence electrons. The Labute approximate surface area is 150 Å². The Morgan fingerprint density at radius 1 is 1.04 bits per heavy atom. The van der Waals surface area contributed by atoms with Crippen molar-refractivity contribution in [2.24, 2.45) is 5.41 Å². The fourth-order valence-corrected chi connectivity index (χ4v) is 5.47. The predicted octanol–water partition coefficient (Wildman–Crippen LogP) is 2.73. The number of sulfonamides is 1. The van der Waals surface area contributed by atoms with E-state index in [0.29, 0.717) is 25.8 Å².